The van der Waals surface area contributed by atoms with E-state index in [1.165, 1.54) is 33.6 Å². The zero-order valence-electron chi connectivity index (χ0n) is 34.5. The third-order valence-electron chi connectivity index (χ3n) is 14.2. The van der Waals surface area contributed by atoms with Crippen LogP contribution in [0.2, 0.25) is 0 Å². The first-order valence-corrected chi connectivity index (χ1v) is 22.3. The van der Waals surface area contributed by atoms with Crippen molar-refractivity contribution in [1.82, 2.24) is 18.3 Å². The summed E-state index contributed by atoms with van der Waals surface area (Å²) >= 11 is 0. The van der Waals surface area contributed by atoms with Gasteiger partial charge in [-0.15, -0.1) is 0 Å². The van der Waals surface area contributed by atoms with Gasteiger partial charge in [0.25, 0.3) is 0 Å². The molecule has 0 radical (unpaired) electrons. The van der Waals surface area contributed by atoms with Crippen LogP contribution >= 0.6 is 0 Å². The van der Waals surface area contributed by atoms with Crippen molar-refractivity contribution in [1.29, 1.82) is 5.26 Å². The lowest BCUT2D eigenvalue weighted by Crippen LogP contribution is -2.18. The summed E-state index contributed by atoms with van der Waals surface area (Å²) in [7, 11) is 0. The Hall–Kier alpha value is -7.54. The van der Waals surface area contributed by atoms with Crippen molar-refractivity contribution in [3.63, 3.8) is 0 Å². The Bertz CT molecular complexity index is 3460. The molecule has 0 fully saturated rings. The van der Waals surface area contributed by atoms with Crippen LogP contribution in [0.3, 0.4) is 0 Å². The van der Waals surface area contributed by atoms with E-state index in [1.807, 2.05) is 0 Å². The molecule has 296 valence electrons. The van der Waals surface area contributed by atoms with Gasteiger partial charge in [-0.1, -0.05) is 91.0 Å². The molecule has 9 aromatic rings. The first-order chi connectivity index (χ1) is 30.8. The predicted molar refractivity (Wildman–Crippen MR) is 253 cm³/mol. The number of allylic oxidation sites excluding steroid dienone is 3. The fraction of sp³-hybridized carbons (Fsp3) is 0.179. The molecule has 4 aliphatic carbocycles. The van der Waals surface area contributed by atoms with E-state index in [2.05, 4.69) is 158 Å². The predicted octanol–water partition coefficient (Wildman–Crippen LogP) is 13.6. The molecular weight excluding hydrogens is 757 g/mol. The van der Waals surface area contributed by atoms with Crippen molar-refractivity contribution in [3.05, 3.63) is 177 Å². The number of hydrogen-bond donors (Lipinski definition) is 0. The fourth-order valence-electron chi connectivity index (χ4n) is 11.8. The number of aromatic nitrogens is 4. The van der Waals surface area contributed by atoms with Crippen LogP contribution in [0, 0.1) is 17.9 Å². The Morgan fingerprint density at radius 2 is 0.887 bits per heavy atom. The molecule has 4 heterocycles. The lowest BCUT2D eigenvalue weighted by Gasteiger charge is -2.29. The summed E-state index contributed by atoms with van der Waals surface area (Å²) in [5.74, 6) is 0. The van der Waals surface area contributed by atoms with Gasteiger partial charge in [0.05, 0.1) is 57.0 Å². The summed E-state index contributed by atoms with van der Waals surface area (Å²) < 4.78 is 9.58. The van der Waals surface area contributed by atoms with Crippen LogP contribution in [-0.2, 0) is 32.1 Å². The van der Waals surface area contributed by atoms with E-state index in [1.54, 1.807) is 0 Å². The molecule has 0 aliphatic heterocycles. The second-order valence-electron chi connectivity index (χ2n) is 17.3. The van der Waals surface area contributed by atoms with Gasteiger partial charge in [0, 0.05) is 44.3 Å². The van der Waals surface area contributed by atoms with Crippen LogP contribution in [0.1, 0.15) is 82.7 Å². The Labute approximate surface area is 360 Å². The maximum atomic E-state index is 12.2. The molecule has 0 atom stereocenters. The molecule has 0 saturated heterocycles. The van der Waals surface area contributed by atoms with E-state index in [4.69, 9.17) is 4.85 Å². The van der Waals surface area contributed by atoms with E-state index < -0.39 is 0 Å². The van der Waals surface area contributed by atoms with Crippen LogP contribution in [0.4, 0.5) is 5.69 Å². The van der Waals surface area contributed by atoms with Gasteiger partial charge >= 0.3 is 0 Å². The number of fused-ring (bicyclic) bond motifs is 12. The average molecular weight is 799 g/mol. The van der Waals surface area contributed by atoms with Crippen molar-refractivity contribution in [2.45, 2.75) is 64.2 Å². The van der Waals surface area contributed by atoms with Crippen molar-refractivity contribution < 1.29 is 0 Å². The number of nitrogens with zero attached hydrogens (tertiary/aromatic N) is 6. The largest absolute Gasteiger partial charge is 0.318 e. The van der Waals surface area contributed by atoms with Gasteiger partial charge in [-0.2, -0.15) is 5.26 Å². The summed E-state index contributed by atoms with van der Waals surface area (Å²) in [4.78, 5) is 4.70. The second-order valence-corrected chi connectivity index (χ2v) is 17.3. The van der Waals surface area contributed by atoms with Gasteiger partial charge in [0.2, 0.25) is 5.69 Å². The zero-order chi connectivity index (χ0) is 41.1. The zero-order valence-corrected chi connectivity index (χ0v) is 34.5. The van der Waals surface area contributed by atoms with Crippen LogP contribution in [0.15, 0.2) is 115 Å². The minimum absolute atomic E-state index is 0.470. The first kappa shape index (κ1) is 35.2. The summed E-state index contributed by atoms with van der Waals surface area (Å²) in [6, 6.07) is 37.2. The Kier molecular flexibility index (Phi) is 7.66. The van der Waals surface area contributed by atoms with E-state index >= 15 is 0 Å². The fourth-order valence-corrected chi connectivity index (χ4v) is 11.8. The molecule has 4 aliphatic rings. The molecule has 0 bridgehead atoms. The molecule has 0 spiro atoms. The number of para-hydroxylation sites is 4. The molecule has 0 N–H and O–H groups in total. The molecule has 62 heavy (non-hydrogen) atoms. The third kappa shape index (κ3) is 4.67. The topological polar surface area (TPSA) is 47.9 Å². The van der Waals surface area contributed by atoms with Gasteiger partial charge in [-0.05, 0) is 129 Å². The normalized spacial score (nSPS) is 15.2. The van der Waals surface area contributed by atoms with E-state index in [0.717, 1.165) is 136 Å². The molecule has 5 aromatic carbocycles. The molecule has 4 aromatic heterocycles. The van der Waals surface area contributed by atoms with E-state index in [9.17, 15) is 11.8 Å². The molecule has 0 amide bonds. The van der Waals surface area contributed by atoms with Crippen molar-refractivity contribution in [3.8, 4) is 28.8 Å². The average Bonchev–Trinajstić information content (AvgIpc) is 4.06. The number of nitriles is 1. The molecule has 0 unspecified atom stereocenters. The van der Waals surface area contributed by atoms with Crippen LogP contribution in [-0.4, -0.2) is 18.3 Å². The van der Waals surface area contributed by atoms with Gasteiger partial charge in [0.15, 0.2) is 0 Å². The van der Waals surface area contributed by atoms with E-state index in [0.29, 0.717) is 16.9 Å². The van der Waals surface area contributed by atoms with E-state index in [-0.39, 0.29) is 0 Å². The Morgan fingerprint density at radius 3 is 1.37 bits per heavy atom. The first-order valence-electron chi connectivity index (χ1n) is 22.3. The number of rotatable bonds is 4. The molecular formula is C56H42N6. The highest BCUT2D eigenvalue weighted by atomic mass is 15.2. The summed E-state index contributed by atoms with van der Waals surface area (Å²) in [5, 5.41) is 16.7. The molecule has 13 rings (SSSR count). The van der Waals surface area contributed by atoms with Crippen LogP contribution in [0.25, 0.3) is 89.4 Å². The highest BCUT2D eigenvalue weighted by molar-refractivity contribution is 6.13. The minimum Gasteiger partial charge on any atom is -0.318 e. The highest BCUT2D eigenvalue weighted by Gasteiger charge is 2.37. The smallest absolute Gasteiger partial charge is 0.237 e. The van der Waals surface area contributed by atoms with Crippen LogP contribution in [0.5, 0.6) is 0 Å². The monoisotopic (exact) mass is 798 g/mol. The summed E-state index contributed by atoms with van der Waals surface area (Å²) in [6.07, 6.45) is 23.9. The lowest BCUT2D eigenvalue weighted by molar-refractivity contribution is 0.659. The maximum Gasteiger partial charge on any atom is 0.237 e. The molecule has 6 heteroatoms. The standard InChI is InChI=1S/C56H42N6/c1-58-52-53(59-44-26-10-2-18-35(44)36-19-3-11-27-45(36)59)43(34-57)54(60-46-28-12-4-20-37(46)38-21-5-13-29-47(38)60)56(62-50-32-16-8-24-41(50)42-25-9-17-33-51(42)62)55(52)61-48-30-14-6-22-39(48)40-23-7-15-31-49(40)61/h2-3,8-12,14-19,24-28,30-33H,4-7,13,20-23,29H2. The number of benzene rings is 5. The second kappa shape index (κ2) is 13.5. The number of hydrogen-bond acceptors (Lipinski definition) is 1. The highest BCUT2D eigenvalue weighted by Crippen LogP contribution is 2.52. The quantitative estimate of drug-likeness (QED) is 0.164. The summed E-state index contributed by atoms with van der Waals surface area (Å²) in [5.41, 5.74) is 18.6. The summed E-state index contributed by atoms with van der Waals surface area (Å²) in [6.45, 7) is 9.52. The third-order valence-corrected chi connectivity index (χ3v) is 14.2. The van der Waals surface area contributed by atoms with Crippen molar-refractivity contribution in [2.75, 3.05) is 0 Å². The van der Waals surface area contributed by atoms with Crippen molar-refractivity contribution >= 4 is 67.5 Å². The molecule has 0 saturated carbocycles. The van der Waals surface area contributed by atoms with Crippen molar-refractivity contribution in [2.24, 2.45) is 0 Å². The van der Waals surface area contributed by atoms with Gasteiger partial charge < -0.3 is 18.3 Å². The SMILES string of the molecule is [C-]#[N+]c1c(-n2c3c(c4c2C=CCC4)CCC=C3)c(-n2c3ccccc3c3ccccc32)c(-n2c3c(c4c2CCCC4)CCC=C3)c(C#N)c1-n1c2ccccc2c2ccccc21. The molecule has 6 nitrogen and oxygen atoms in total. The Morgan fingerprint density at radius 1 is 0.452 bits per heavy atom. The van der Waals surface area contributed by atoms with Gasteiger partial charge in [-0.25, -0.2) is 4.85 Å². The minimum atomic E-state index is 0.470. The maximum absolute atomic E-state index is 12.2. The van der Waals surface area contributed by atoms with Crippen LogP contribution < -0.4 is 0 Å². The Balaban J connectivity index is 1.35. The van der Waals surface area contributed by atoms with Gasteiger partial charge in [-0.3, -0.25) is 0 Å². The lowest BCUT2D eigenvalue weighted by atomic mass is 9.91. The van der Waals surface area contributed by atoms with Gasteiger partial charge in [0.1, 0.15) is 6.07 Å².